The van der Waals surface area contributed by atoms with Gasteiger partial charge >= 0.3 is 6.09 Å². The summed E-state index contributed by atoms with van der Waals surface area (Å²) in [7, 11) is 3.02. The zero-order valence-electron chi connectivity index (χ0n) is 10.9. The summed E-state index contributed by atoms with van der Waals surface area (Å²) in [6.45, 7) is 0. The van der Waals surface area contributed by atoms with Crippen LogP contribution in [0.2, 0.25) is 0 Å². The lowest BCUT2D eigenvalue weighted by molar-refractivity contribution is -0.143. The Morgan fingerprint density at radius 2 is 1.89 bits per heavy atom. The summed E-state index contributed by atoms with van der Waals surface area (Å²) in [5.74, 6) is -0.512. The van der Waals surface area contributed by atoms with Gasteiger partial charge in [-0.05, 0) is 5.56 Å². The second-order valence-corrected chi connectivity index (χ2v) is 4.35. The number of nitrogens with zero attached hydrogens (tertiary/aromatic N) is 1. The van der Waals surface area contributed by atoms with Crippen LogP contribution in [0.5, 0.6) is 0 Å². The molecule has 0 aromatic heterocycles. The van der Waals surface area contributed by atoms with E-state index in [1.807, 2.05) is 30.3 Å². The number of carbonyl (C=O) groups is 2. The van der Waals surface area contributed by atoms with Crippen LogP contribution in [0.15, 0.2) is 30.3 Å². The summed E-state index contributed by atoms with van der Waals surface area (Å²) in [5, 5.41) is 10.1. The molecule has 0 aliphatic carbocycles. The van der Waals surface area contributed by atoms with Crippen LogP contribution in [0.1, 0.15) is 5.56 Å². The summed E-state index contributed by atoms with van der Waals surface area (Å²) < 4.78 is 4.71. The van der Waals surface area contributed by atoms with Crippen molar-refractivity contribution in [3.05, 3.63) is 35.9 Å². The van der Waals surface area contributed by atoms with Gasteiger partial charge in [-0.2, -0.15) is 0 Å². The van der Waals surface area contributed by atoms with Crippen molar-refractivity contribution in [3.8, 4) is 0 Å². The maximum absolute atomic E-state index is 11.8. The van der Waals surface area contributed by atoms with Gasteiger partial charge in [0.1, 0.15) is 6.10 Å². The largest absolute Gasteiger partial charge is 0.433 e. The van der Waals surface area contributed by atoms with E-state index in [-0.39, 0.29) is 6.42 Å². The van der Waals surface area contributed by atoms with Crippen LogP contribution in [0.3, 0.4) is 0 Å². The lowest BCUT2D eigenvalue weighted by Gasteiger charge is -2.24. The maximum atomic E-state index is 11.8. The van der Waals surface area contributed by atoms with E-state index < -0.39 is 24.2 Å². The fraction of sp³-hybridized carbons (Fsp3) is 0.385. The third-order valence-electron chi connectivity index (χ3n) is 2.56. The van der Waals surface area contributed by atoms with Gasteiger partial charge in [0, 0.05) is 20.5 Å². The summed E-state index contributed by atoms with van der Waals surface area (Å²) in [4.78, 5) is 23.9. The van der Waals surface area contributed by atoms with Crippen LogP contribution >= 0.6 is 0 Å². The van der Waals surface area contributed by atoms with E-state index in [0.717, 1.165) is 5.56 Å². The first-order chi connectivity index (χ1) is 8.91. The Bertz CT molecular complexity index is 434. The van der Waals surface area contributed by atoms with Crippen molar-refractivity contribution >= 4 is 12.0 Å². The molecular weight excluding hydrogens is 248 g/mol. The number of amides is 2. The first kappa shape index (κ1) is 15.0. The normalized spacial score (nSPS) is 13.4. The number of aliphatic hydroxyl groups is 1. The second-order valence-electron chi connectivity index (χ2n) is 4.35. The fourth-order valence-electron chi connectivity index (χ4n) is 1.64. The van der Waals surface area contributed by atoms with Crippen LogP contribution in [0.25, 0.3) is 0 Å². The van der Waals surface area contributed by atoms with Gasteiger partial charge in [-0.25, -0.2) is 4.79 Å². The third kappa shape index (κ3) is 4.59. The maximum Gasteiger partial charge on any atom is 0.405 e. The van der Waals surface area contributed by atoms with Crippen LogP contribution in [-0.4, -0.2) is 48.3 Å². The molecule has 0 saturated carbocycles. The van der Waals surface area contributed by atoms with Gasteiger partial charge in [-0.1, -0.05) is 30.3 Å². The molecule has 3 N–H and O–H groups in total. The molecule has 1 aromatic rings. The number of rotatable bonds is 5. The molecular formula is C13H18N2O4. The molecule has 2 atom stereocenters. The van der Waals surface area contributed by atoms with Crippen molar-refractivity contribution in [1.29, 1.82) is 0 Å². The molecule has 0 saturated heterocycles. The number of hydrogen-bond acceptors (Lipinski definition) is 4. The predicted molar refractivity (Wildman–Crippen MR) is 69.3 cm³/mol. The fourth-order valence-corrected chi connectivity index (χ4v) is 1.64. The van der Waals surface area contributed by atoms with Gasteiger partial charge in [0.05, 0.1) is 0 Å². The van der Waals surface area contributed by atoms with Crippen LogP contribution in [0, 0.1) is 0 Å². The van der Waals surface area contributed by atoms with E-state index in [9.17, 15) is 14.7 Å². The number of nitrogens with two attached hydrogens (primary N) is 1. The highest BCUT2D eigenvalue weighted by Crippen LogP contribution is 2.10. The molecule has 1 unspecified atom stereocenters. The Morgan fingerprint density at radius 1 is 1.32 bits per heavy atom. The highest BCUT2D eigenvalue weighted by molar-refractivity contribution is 5.83. The number of carbonyl (C=O) groups excluding carboxylic acids is 2. The highest BCUT2D eigenvalue weighted by Gasteiger charge is 2.31. The number of likely N-dealkylation sites (N-methyl/N-ethyl adjacent to an activating group) is 1. The lowest BCUT2D eigenvalue weighted by Crippen LogP contribution is -2.46. The van der Waals surface area contributed by atoms with Crippen molar-refractivity contribution in [2.24, 2.45) is 5.73 Å². The SMILES string of the molecule is CN(C)C(=O)[C@@H](OC(N)=O)C(O)Cc1ccccc1. The molecule has 6 heteroatoms. The van der Waals surface area contributed by atoms with Crippen molar-refractivity contribution < 1.29 is 19.4 Å². The molecule has 0 fully saturated rings. The van der Waals surface area contributed by atoms with Crippen molar-refractivity contribution in [1.82, 2.24) is 4.90 Å². The Hall–Kier alpha value is -2.08. The topological polar surface area (TPSA) is 92.9 Å². The zero-order valence-corrected chi connectivity index (χ0v) is 10.9. The van der Waals surface area contributed by atoms with Gasteiger partial charge in [0.25, 0.3) is 5.91 Å². The second kappa shape index (κ2) is 6.75. The Kier molecular flexibility index (Phi) is 5.32. The molecule has 0 aliphatic rings. The molecule has 1 aromatic carbocycles. The molecule has 0 aliphatic heterocycles. The standard InChI is InChI=1S/C13H18N2O4/c1-15(2)12(17)11(19-13(14)18)10(16)8-9-6-4-3-5-7-9/h3-7,10-11,16H,8H2,1-2H3,(H2,14,18)/t10?,11-/m0/s1. The average Bonchev–Trinajstić information content (AvgIpc) is 2.35. The number of aliphatic hydroxyl groups excluding tert-OH is 1. The number of hydrogen-bond donors (Lipinski definition) is 2. The van der Waals surface area contributed by atoms with Crippen LogP contribution < -0.4 is 5.73 Å². The molecule has 0 spiro atoms. The van der Waals surface area contributed by atoms with Crippen molar-refractivity contribution in [2.75, 3.05) is 14.1 Å². The average molecular weight is 266 g/mol. The van der Waals surface area contributed by atoms with Gasteiger partial charge in [0.2, 0.25) is 6.10 Å². The van der Waals surface area contributed by atoms with E-state index in [4.69, 9.17) is 10.5 Å². The number of primary amides is 1. The molecule has 19 heavy (non-hydrogen) atoms. The van der Waals surface area contributed by atoms with E-state index in [2.05, 4.69) is 0 Å². The van der Waals surface area contributed by atoms with Crippen LogP contribution in [-0.2, 0) is 16.0 Å². The minimum atomic E-state index is -1.30. The molecule has 0 heterocycles. The quantitative estimate of drug-likeness (QED) is 0.793. The Morgan fingerprint density at radius 3 is 2.37 bits per heavy atom. The van der Waals surface area contributed by atoms with Gasteiger partial charge in [0.15, 0.2) is 0 Å². The summed E-state index contributed by atoms with van der Waals surface area (Å²) >= 11 is 0. The first-order valence-corrected chi connectivity index (χ1v) is 5.81. The number of ether oxygens (including phenoxy) is 1. The first-order valence-electron chi connectivity index (χ1n) is 5.81. The van der Waals surface area contributed by atoms with Gasteiger partial charge in [-0.3, -0.25) is 4.79 Å². The third-order valence-corrected chi connectivity index (χ3v) is 2.56. The van der Waals surface area contributed by atoms with Crippen LogP contribution in [0.4, 0.5) is 4.79 Å². The highest BCUT2D eigenvalue weighted by atomic mass is 16.6. The van der Waals surface area contributed by atoms with Gasteiger partial charge in [-0.15, -0.1) is 0 Å². The summed E-state index contributed by atoms with van der Waals surface area (Å²) in [6, 6.07) is 9.10. The molecule has 6 nitrogen and oxygen atoms in total. The minimum absolute atomic E-state index is 0.193. The molecule has 1 rings (SSSR count). The van der Waals surface area contributed by atoms with Crippen molar-refractivity contribution in [3.63, 3.8) is 0 Å². The molecule has 0 bridgehead atoms. The van der Waals surface area contributed by atoms with E-state index >= 15 is 0 Å². The minimum Gasteiger partial charge on any atom is -0.433 e. The van der Waals surface area contributed by atoms with E-state index in [0.29, 0.717) is 0 Å². The predicted octanol–water partition coefficient (Wildman–Crippen LogP) is 0.142. The summed E-state index contributed by atoms with van der Waals surface area (Å²) in [6.07, 6.45) is -3.34. The molecule has 0 radical (unpaired) electrons. The van der Waals surface area contributed by atoms with E-state index in [1.165, 1.54) is 19.0 Å². The smallest absolute Gasteiger partial charge is 0.405 e. The number of benzene rings is 1. The summed E-state index contributed by atoms with van der Waals surface area (Å²) in [5.41, 5.74) is 5.75. The zero-order chi connectivity index (χ0) is 14.4. The van der Waals surface area contributed by atoms with Crippen molar-refractivity contribution in [2.45, 2.75) is 18.6 Å². The van der Waals surface area contributed by atoms with E-state index in [1.54, 1.807) is 0 Å². The monoisotopic (exact) mass is 266 g/mol. The molecule has 104 valence electrons. The molecule has 2 amide bonds. The Labute approximate surface area is 111 Å². The lowest BCUT2D eigenvalue weighted by atomic mass is 10.0. The van der Waals surface area contributed by atoms with Gasteiger partial charge < -0.3 is 20.5 Å². The Balaban J connectivity index is 2.79.